The van der Waals surface area contributed by atoms with Gasteiger partial charge in [0.25, 0.3) is 5.69 Å². The van der Waals surface area contributed by atoms with E-state index in [1.807, 2.05) is 0 Å². The zero-order valence-corrected chi connectivity index (χ0v) is 10.1. The highest BCUT2D eigenvalue weighted by atomic mass is 16.6. The van der Waals surface area contributed by atoms with Crippen LogP contribution in [0.2, 0.25) is 0 Å². The van der Waals surface area contributed by atoms with Crippen LogP contribution in [0.1, 0.15) is 5.56 Å². The summed E-state index contributed by atoms with van der Waals surface area (Å²) in [7, 11) is 0. The lowest BCUT2D eigenvalue weighted by Crippen LogP contribution is -2.18. The predicted molar refractivity (Wildman–Crippen MR) is 67.3 cm³/mol. The number of carboxylic acids is 1. The van der Waals surface area contributed by atoms with Crippen molar-refractivity contribution in [3.05, 3.63) is 52.6 Å². The average molecular weight is 275 g/mol. The van der Waals surface area contributed by atoms with Crippen molar-refractivity contribution in [1.29, 1.82) is 0 Å². The lowest BCUT2D eigenvalue weighted by molar-refractivity contribution is -0.385. The van der Waals surface area contributed by atoms with Crippen LogP contribution in [-0.2, 0) is 11.2 Å². The Morgan fingerprint density at radius 2 is 2.00 bits per heavy atom. The first kappa shape index (κ1) is 13.3. The molecule has 2 aromatic rings. The van der Waals surface area contributed by atoms with Gasteiger partial charge in [0, 0.05) is 18.1 Å². The second kappa shape index (κ2) is 5.69. The topological polar surface area (TPSA) is 124 Å². The first-order valence-corrected chi connectivity index (χ1v) is 5.46. The van der Waals surface area contributed by atoms with Crippen LogP contribution in [0.15, 0.2) is 42.0 Å². The van der Waals surface area contributed by atoms with E-state index >= 15 is 0 Å². The Balaban J connectivity index is 2.35. The number of nitro benzene ring substituents is 1. The van der Waals surface area contributed by atoms with Crippen molar-refractivity contribution in [3.63, 3.8) is 0 Å². The molecule has 1 N–H and O–H groups in total. The second-order valence-electron chi connectivity index (χ2n) is 3.76. The number of carboxylic acid groups (broad SMARTS) is 1. The highest BCUT2D eigenvalue weighted by Crippen LogP contribution is 2.18. The van der Waals surface area contributed by atoms with E-state index in [1.165, 1.54) is 30.9 Å². The summed E-state index contributed by atoms with van der Waals surface area (Å²) < 4.78 is 1.12. The fourth-order valence-corrected chi connectivity index (χ4v) is 1.56. The maximum Gasteiger partial charge on any atom is 0.352 e. The van der Waals surface area contributed by atoms with Crippen LogP contribution >= 0.6 is 0 Å². The van der Waals surface area contributed by atoms with Gasteiger partial charge in [0.05, 0.1) is 4.92 Å². The van der Waals surface area contributed by atoms with Gasteiger partial charge in [-0.1, -0.05) is 18.2 Å². The van der Waals surface area contributed by atoms with Gasteiger partial charge in [0.1, 0.15) is 12.7 Å². The third kappa shape index (κ3) is 3.02. The van der Waals surface area contributed by atoms with E-state index in [4.69, 9.17) is 5.11 Å². The molecule has 1 heterocycles. The lowest BCUT2D eigenvalue weighted by atomic mass is 10.1. The smallest absolute Gasteiger partial charge is 0.352 e. The van der Waals surface area contributed by atoms with Crippen LogP contribution in [0.3, 0.4) is 0 Å². The molecule has 20 heavy (non-hydrogen) atoms. The third-order valence-electron chi connectivity index (χ3n) is 2.44. The summed E-state index contributed by atoms with van der Waals surface area (Å²) in [6.07, 6.45) is 2.27. The number of hydrogen-bond acceptors (Lipinski definition) is 6. The molecule has 2 rings (SSSR count). The maximum absolute atomic E-state index is 11.2. The second-order valence-corrected chi connectivity index (χ2v) is 3.76. The Morgan fingerprint density at radius 1 is 1.35 bits per heavy atom. The molecule has 0 unspecified atom stereocenters. The summed E-state index contributed by atoms with van der Waals surface area (Å²) >= 11 is 0. The number of nitro groups is 1. The van der Waals surface area contributed by atoms with E-state index in [1.54, 1.807) is 6.07 Å². The highest BCUT2D eigenvalue weighted by Gasteiger charge is 2.18. The third-order valence-corrected chi connectivity index (χ3v) is 2.44. The first-order chi connectivity index (χ1) is 9.58. The van der Waals surface area contributed by atoms with Gasteiger partial charge in [0.2, 0.25) is 0 Å². The van der Waals surface area contributed by atoms with Crippen molar-refractivity contribution in [2.24, 2.45) is 5.10 Å². The van der Waals surface area contributed by atoms with E-state index in [9.17, 15) is 14.9 Å². The van der Waals surface area contributed by atoms with Gasteiger partial charge >= 0.3 is 5.97 Å². The predicted octanol–water partition coefficient (Wildman–Crippen LogP) is 0.718. The minimum Gasteiger partial charge on any atom is -0.477 e. The zero-order valence-electron chi connectivity index (χ0n) is 10.1. The van der Waals surface area contributed by atoms with Crippen molar-refractivity contribution < 1.29 is 14.8 Å². The zero-order chi connectivity index (χ0) is 14.5. The number of aromatic nitrogens is 3. The van der Waals surface area contributed by atoms with Gasteiger partial charge in [-0.25, -0.2) is 9.47 Å². The molecular weight excluding hydrogens is 266 g/mol. The molecule has 0 radical (unpaired) electrons. The molecule has 0 bridgehead atoms. The van der Waals surface area contributed by atoms with E-state index in [-0.39, 0.29) is 23.4 Å². The van der Waals surface area contributed by atoms with Crippen molar-refractivity contribution in [3.8, 4) is 0 Å². The van der Waals surface area contributed by atoms with Gasteiger partial charge in [-0.2, -0.15) is 5.10 Å². The summed E-state index contributed by atoms with van der Waals surface area (Å²) in [6, 6.07) is 5.91. The van der Waals surface area contributed by atoms with Crippen LogP contribution in [0.5, 0.6) is 0 Å². The molecule has 0 fully saturated rings. The number of aliphatic carboxylic acids is 1. The van der Waals surface area contributed by atoms with Gasteiger partial charge < -0.3 is 5.11 Å². The molecule has 0 amide bonds. The van der Waals surface area contributed by atoms with Gasteiger partial charge in [-0.15, -0.1) is 10.2 Å². The number of carbonyl (C=O) groups is 1. The van der Waals surface area contributed by atoms with Crippen molar-refractivity contribution in [2.75, 3.05) is 0 Å². The van der Waals surface area contributed by atoms with Gasteiger partial charge in [-0.05, 0) is 0 Å². The minimum atomic E-state index is -1.27. The summed E-state index contributed by atoms with van der Waals surface area (Å²) in [4.78, 5) is 21.5. The molecule has 0 saturated heterocycles. The first-order valence-electron chi connectivity index (χ1n) is 5.46. The van der Waals surface area contributed by atoms with Crippen LogP contribution in [0, 0.1) is 10.1 Å². The molecule has 0 aliphatic heterocycles. The normalized spacial score (nSPS) is 11.3. The molecule has 1 aromatic heterocycles. The van der Waals surface area contributed by atoms with Crippen LogP contribution in [-0.4, -0.2) is 36.6 Å². The van der Waals surface area contributed by atoms with Gasteiger partial charge in [-0.3, -0.25) is 10.1 Å². The summed E-state index contributed by atoms with van der Waals surface area (Å²) in [5, 5.41) is 30.8. The SMILES string of the molecule is O=C(O)C(Cc1ccccc1[N+](=O)[O-])=Nn1cnnc1. The van der Waals surface area contributed by atoms with E-state index in [2.05, 4.69) is 15.3 Å². The van der Waals surface area contributed by atoms with Crippen molar-refractivity contribution in [1.82, 2.24) is 14.9 Å². The quantitative estimate of drug-likeness (QED) is 0.487. The molecule has 9 nitrogen and oxygen atoms in total. The Bertz CT molecular complexity index is 665. The number of rotatable bonds is 5. The number of benzene rings is 1. The summed E-state index contributed by atoms with van der Waals surface area (Å²) in [6.45, 7) is 0. The number of para-hydroxylation sites is 1. The molecule has 0 aliphatic rings. The number of nitrogens with zero attached hydrogens (tertiary/aromatic N) is 5. The average Bonchev–Trinajstić information content (AvgIpc) is 2.91. The van der Waals surface area contributed by atoms with Crippen LogP contribution in [0.25, 0.3) is 0 Å². The molecule has 0 spiro atoms. The Labute approximate surface area is 112 Å². The maximum atomic E-state index is 11.2. The highest BCUT2D eigenvalue weighted by molar-refractivity contribution is 6.36. The summed E-state index contributed by atoms with van der Waals surface area (Å²) in [5.41, 5.74) is -0.129. The Hall–Kier alpha value is -3.10. The Morgan fingerprint density at radius 3 is 2.60 bits per heavy atom. The largest absolute Gasteiger partial charge is 0.477 e. The molecule has 102 valence electrons. The fraction of sp³-hybridized carbons (Fsp3) is 0.0909. The van der Waals surface area contributed by atoms with Crippen molar-refractivity contribution in [2.45, 2.75) is 6.42 Å². The fourth-order valence-electron chi connectivity index (χ4n) is 1.56. The van der Waals surface area contributed by atoms with E-state index in [0.717, 1.165) is 4.68 Å². The van der Waals surface area contributed by atoms with Gasteiger partial charge in [0.15, 0.2) is 5.71 Å². The van der Waals surface area contributed by atoms with Crippen LogP contribution in [0.4, 0.5) is 5.69 Å². The monoisotopic (exact) mass is 275 g/mol. The Kier molecular flexibility index (Phi) is 3.80. The molecular formula is C11H9N5O4. The molecule has 9 heteroatoms. The molecule has 0 saturated carbocycles. The standard InChI is InChI=1S/C11H9N5O4/c17-11(18)9(14-15-6-12-13-7-15)5-8-3-1-2-4-10(8)16(19)20/h1-4,6-7H,5H2,(H,17,18). The van der Waals surface area contributed by atoms with Crippen LogP contribution < -0.4 is 0 Å². The molecule has 0 aliphatic carbocycles. The minimum absolute atomic E-state index is 0.148. The molecule has 0 atom stereocenters. The summed E-state index contributed by atoms with van der Waals surface area (Å²) in [5.74, 6) is -1.27. The lowest BCUT2D eigenvalue weighted by Gasteiger charge is -2.03. The van der Waals surface area contributed by atoms with Crippen molar-refractivity contribution >= 4 is 17.4 Å². The van der Waals surface area contributed by atoms with E-state index in [0.29, 0.717) is 0 Å². The molecule has 1 aromatic carbocycles. The van der Waals surface area contributed by atoms with E-state index < -0.39 is 10.9 Å². The number of hydrogen-bond donors (Lipinski definition) is 1.